The fourth-order valence-corrected chi connectivity index (χ4v) is 4.20. The Kier molecular flexibility index (Phi) is 8.65. The Morgan fingerprint density at radius 2 is 1.44 bits per heavy atom. The zero-order valence-electron chi connectivity index (χ0n) is 22.1. The minimum absolute atomic E-state index is 0.367. The number of hydrogen-bond donors (Lipinski definition) is 3. The van der Waals surface area contributed by atoms with Crippen LogP contribution in [0.25, 0.3) is 22.4 Å². The summed E-state index contributed by atoms with van der Waals surface area (Å²) in [5.41, 5.74) is 4.80. The van der Waals surface area contributed by atoms with Crippen LogP contribution in [0.2, 0.25) is 0 Å². The molecule has 0 spiro atoms. The van der Waals surface area contributed by atoms with Gasteiger partial charge in [0.1, 0.15) is 17.5 Å². The Hall–Kier alpha value is -4.80. The number of amides is 1. The first-order chi connectivity index (χ1) is 19.4. The molecular formula is C30H27F3N2O6. The lowest BCUT2D eigenvalue weighted by molar-refractivity contribution is -0.137. The SMILES string of the molecule is Cc1onc(-c2ccc(-c3ccc(C4CC4)cc3)cc2)c1NC(=O)OC(C)c1ccc(C(F)(F)F)cc1.O=C(O)O. The van der Waals surface area contributed by atoms with E-state index < -0.39 is 30.1 Å². The van der Waals surface area contributed by atoms with E-state index >= 15 is 0 Å². The highest BCUT2D eigenvalue weighted by Crippen LogP contribution is 2.40. The van der Waals surface area contributed by atoms with Gasteiger partial charge in [-0.25, -0.2) is 9.59 Å². The van der Waals surface area contributed by atoms with Crippen molar-refractivity contribution >= 4 is 17.9 Å². The lowest BCUT2D eigenvalue weighted by Crippen LogP contribution is -2.17. The molecule has 0 saturated heterocycles. The first-order valence-corrected chi connectivity index (χ1v) is 12.7. The van der Waals surface area contributed by atoms with Gasteiger partial charge in [0.2, 0.25) is 0 Å². The van der Waals surface area contributed by atoms with Crippen LogP contribution < -0.4 is 5.32 Å². The molecule has 5 rings (SSSR count). The Morgan fingerprint density at radius 3 is 1.95 bits per heavy atom. The lowest BCUT2D eigenvalue weighted by atomic mass is 10.00. The smallest absolute Gasteiger partial charge is 0.450 e. The molecule has 0 bridgehead atoms. The van der Waals surface area contributed by atoms with Crippen molar-refractivity contribution in [3.63, 3.8) is 0 Å². The van der Waals surface area contributed by atoms with Crippen LogP contribution in [-0.4, -0.2) is 27.6 Å². The first kappa shape index (κ1) is 29.2. The normalized spacial score (nSPS) is 13.5. The van der Waals surface area contributed by atoms with Crippen LogP contribution in [-0.2, 0) is 10.9 Å². The monoisotopic (exact) mass is 568 g/mol. The number of hydrogen-bond acceptors (Lipinski definition) is 5. The van der Waals surface area contributed by atoms with Crippen LogP contribution in [0, 0.1) is 6.92 Å². The Labute approximate surface area is 233 Å². The van der Waals surface area contributed by atoms with Crippen molar-refractivity contribution in [2.45, 2.75) is 44.9 Å². The van der Waals surface area contributed by atoms with Crippen molar-refractivity contribution in [3.8, 4) is 22.4 Å². The van der Waals surface area contributed by atoms with Crippen molar-refractivity contribution in [2.75, 3.05) is 5.32 Å². The number of carboxylic acid groups (broad SMARTS) is 2. The summed E-state index contributed by atoms with van der Waals surface area (Å²) in [5.74, 6) is 1.11. The largest absolute Gasteiger partial charge is 0.503 e. The maximum Gasteiger partial charge on any atom is 0.503 e. The molecule has 1 aliphatic carbocycles. The molecule has 1 amide bonds. The highest BCUT2D eigenvalue weighted by molar-refractivity contribution is 5.91. The van der Waals surface area contributed by atoms with Crippen LogP contribution in [0.4, 0.5) is 28.4 Å². The third-order valence-corrected chi connectivity index (χ3v) is 6.53. The van der Waals surface area contributed by atoms with E-state index in [0.29, 0.717) is 28.6 Å². The molecule has 1 heterocycles. The number of aromatic nitrogens is 1. The second-order valence-electron chi connectivity index (χ2n) is 9.51. The maximum absolute atomic E-state index is 12.8. The molecule has 3 aromatic carbocycles. The van der Waals surface area contributed by atoms with Gasteiger partial charge < -0.3 is 19.5 Å². The van der Waals surface area contributed by atoms with Gasteiger partial charge in [0.15, 0.2) is 5.76 Å². The van der Waals surface area contributed by atoms with Gasteiger partial charge in [-0.05, 0) is 67.0 Å². The summed E-state index contributed by atoms with van der Waals surface area (Å²) in [4.78, 5) is 21.1. The molecule has 4 aromatic rings. The van der Waals surface area contributed by atoms with Gasteiger partial charge in [0.05, 0.1) is 5.56 Å². The van der Waals surface area contributed by atoms with Gasteiger partial charge in [0.25, 0.3) is 0 Å². The zero-order valence-corrected chi connectivity index (χ0v) is 22.1. The summed E-state index contributed by atoms with van der Waals surface area (Å²) >= 11 is 0. The number of halogens is 3. The van der Waals surface area contributed by atoms with Crippen LogP contribution in [0.15, 0.2) is 77.3 Å². The van der Waals surface area contributed by atoms with Crippen molar-refractivity contribution in [1.29, 1.82) is 0 Å². The van der Waals surface area contributed by atoms with E-state index in [1.165, 1.54) is 30.5 Å². The van der Waals surface area contributed by atoms with E-state index in [1.54, 1.807) is 13.8 Å². The maximum atomic E-state index is 12.8. The van der Waals surface area contributed by atoms with Gasteiger partial charge >= 0.3 is 18.4 Å². The number of nitrogens with one attached hydrogen (secondary N) is 1. The molecule has 8 nitrogen and oxygen atoms in total. The number of carbonyl (C=O) groups excluding carboxylic acids is 1. The third-order valence-electron chi connectivity index (χ3n) is 6.53. The van der Waals surface area contributed by atoms with Crippen molar-refractivity contribution in [3.05, 3.63) is 95.2 Å². The Bertz CT molecular complexity index is 1490. The van der Waals surface area contributed by atoms with Crippen molar-refractivity contribution in [2.24, 2.45) is 0 Å². The van der Waals surface area contributed by atoms with E-state index in [9.17, 15) is 18.0 Å². The first-order valence-electron chi connectivity index (χ1n) is 12.7. The minimum Gasteiger partial charge on any atom is -0.450 e. The van der Waals surface area contributed by atoms with Gasteiger partial charge in [-0.2, -0.15) is 13.2 Å². The van der Waals surface area contributed by atoms with Crippen LogP contribution in [0.3, 0.4) is 0 Å². The highest BCUT2D eigenvalue weighted by atomic mass is 19.4. The molecule has 1 aliphatic rings. The molecule has 3 N–H and O–H groups in total. The summed E-state index contributed by atoms with van der Waals surface area (Å²) in [6.45, 7) is 3.25. The second-order valence-corrected chi connectivity index (χ2v) is 9.51. The molecule has 0 aliphatic heterocycles. The molecule has 11 heteroatoms. The van der Waals surface area contributed by atoms with Crippen LogP contribution in [0.5, 0.6) is 0 Å². The standard InChI is InChI=1S/C29H25F3N2O3.CH2O3/c1-17(19-13-15-25(16-14-19)29(30,31)32)36-28(35)33-26-18(2)37-34-27(26)24-11-9-23(10-12-24)22-7-5-21(6-8-22)20-3-4-20;2-1(3)4/h5-17,20H,3-4H2,1-2H3,(H,33,35);(H2,2,3,4). The predicted octanol–water partition coefficient (Wildman–Crippen LogP) is 8.75. The average Bonchev–Trinajstić information content (AvgIpc) is 3.72. The van der Waals surface area contributed by atoms with E-state index in [4.69, 9.17) is 24.3 Å². The molecule has 1 fully saturated rings. The van der Waals surface area contributed by atoms with Crippen molar-refractivity contribution in [1.82, 2.24) is 5.16 Å². The molecule has 1 atom stereocenters. The summed E-state index contributed by atoms with van der Waals surface area (Å²) < 4.78 is 49.1. The number of ether oxygens (including phenoxy) is 1. The second kappa shape index (κ2) is 12.2. The van der Waals surface area contributed by atoms with Gasteiger partial charge in [-0.15, -0.1) is 0 Å². The minimum atomic E-state index is -4.43. The summed E-state index contributed by atoms with van der Waals surface area (Å²) in [6.07, 6.45) is -5.27. The summed E-state index contributed by atoms with van der Waals surface area (Å²) in [5, 5.41) is 20.7. The number of anilines is 1. The van der Waals surface area contributed by atoms with Crippen LogP contribution >= 0.6 is 0 Å². The highest BCUT2D eigenvalue weighted by Gasteiger charge is 2.30. The summed E-state index contributed by atoms with van der Waals surface area (Å²) in [6, 6.07) is 20.9. The van der Waals surface area contributed by atoms with E-state index in [1.807, 2.05) is 24.3 Å². The predicted molar refractivity (Wildman–Crippen MR) is 145 cm³/mol. The van der Waals surface area contributed by atoms with Gasteiger partial charge in [-0.1, -0.05) is 65.8 Å². The number of alkyl halides is 3. The molecule has 214 valence electrons. The topological polar surface area (TPSA) is 122 Å². The van der Waals surface area contributed by atoms with Gasteiger partial charge in [-0.3, -0.25) is 5.32 Å². The Balaban J connectivity index is 0.000000909. The molecule has 0 radical (unpaired) electrons. The zero-order chi connectivity index (χ0) is 29.7. The van der Waals surface area contributed by atoms with E-state index in [2.05, 4.69) is 34.7 Å². The van der Waals surface area contributed by atoms with E-state index in [0.717, 1.165) is 28.8 Å². The fourth-order valence-electron chi connectivity index (χ4n) is 4.20. The fraction of sp³-hybridized carbons (Fsp3) is 0.233. The van der Waals surface area contributed by atoms with E-state index in [-0.39, 0.29) is 0 Å². The number of aryl methyl sites for hydroxylation is 1. The Morgan fingerprint density at radius 1 is 0.927 bits per heavy atom. The van der Waals surface area contributed by atoms with Crippen LogP contribution in [0.1, 0.15) is 54.2 Å². The third kappa shape index (κ3) is 7.65. The number of carbonyl (C=O) groups is 2. The van der Waals surface area contributed by atoms with Crippen molar-refractivity contribution < 1.29 is 42.2 Å². The summed E-state index contributed by atoms with van der Waals surface area (Å²) in [7, 11) is 0. The molecular weight excluding hydrogens is 541 g/mol. The quantitative estimate of drug-likeness (QED) is 0.213. The average molecular weight is 569 g/mol. The number of rotatable bonds is 6. The number of nitrogens with zero attached hydrogens (tertiary/aromatic N) is 1. The molecule has 41 heavy (non-hydrogen) atoms. The lowest BCUT2D eigenvalue weighted by Gasteiger charge is -2.15. The number of benzene rings is 3. The molecule has 1 unspecified atom stereocenters. The van der Waals surface area contributed by atoms with Gasteiger partial charge in [0, 0.05) is 5.56 Å². The molecule has 1 saturated carbocycles. The molecule has 1 aromatic heterocycles.